The summed E-state index contributed by atoms with van der Waals surface area (Å²) in [5, 5.41) is 3.10. The maximum absolute atomic E-state index is 12.9. The van der Waals surface area contributed by atoms with Gasteiger partial charge in [-0.05, 0) is 43.4 Å². The van der Waals surface area contributed by atoms with Crippen molar-refractivity contribution >= 4 is 11.7 Å². The first-order chi connectivity index (χ1) is 12.6. The summed E-state index contributed by atoms with van der Waals surface area (Å²) in [7, 11) is 1.60. The number of methoxy groups -OCH3 is 1. The fraction of sp³-hybridized carbons (Fsp3) is 0.364. The fourth-order valence-electron chi connectivity index (χ4n) is 3.69. The molecule has 2 aromatic rings. The van der Waals surface area contributed by atoms with Crippen LogP contribution in [0.5, 0.6) is 5.75 Å². The van der Waals surface area contributed by atoms with Crippen molar-refractivity contribution in [3.63, 3.8) is 0 Å². The molecule has 0 aromatic heterocycles. The second-order valence-corrected chi connectivity index (χ2v) is 6.92. The number of carbonyl (C=O) groups excluding carboxylic acids is 2. The van der Waals surface area contributed by atoms with Crippen molar-refractivity contribution in [2.24, 2.45) is 5.92 Å². The average molecular weight is 351 g/mol. The van der Waals surface area contributed by atoms with E-state index in [0.29, 0.717) is 5.75 Å². The highest BCUT2D eigenvalue weighted by atomic mass is 16.5. The highest BCUT2D eigenvalue weighted by molar-refractivity contribution is 5.82. The highest BCUT2D eigenvalue weighted by Crippen LogP contribution is 2.30. The first-order valence-electron chi connectivity index (χ1n) is 9.08. The van der Waals surface area contributed by atoms with Crippen LogP contribution < -0.4 is 10.1 Å². The first kappa shape index (κ1) is 18.2. The second-order valence-electron chi connectivity index (χ2n) is 6.92. The molecule has 2 atom stereocenters. The fourth-order valence-corrected chi connectivity index (χ4v) is 3.69. The van der Waals surface area contributed by atoms with Crippen molar-refractivity contribution in [3.05, 3.63) is 65.2 Å². The molecule has 136 valence electrons. The quantitative estimate of drug-likeness (QED) is 0.864. The van der Waals surface area contributed by atoms with Crippen molar-refractivity contribution in [3.8, 4) is 5.75 Å². The largest absolute Gasteiger partial charge is 0.496 e. The van der Waals surface area contributed by atoms with E-state index >= 15 is 0 Å². The molecule has 0 fully saturated rings. The maximum Gasteiger partial charge on any atom is 0.223 e. The highest BCUT2D eigenvalue weighted by Gasteiger charge is 2.27. The van der Waals surface area contributed by atoms with Crippen molar-refractivity contribution in [1.82, 2.24) is 5.32 Å². The van der Waals surface area contributed by atoms with Gasteiger partial charge in [0.25, 0.3) is 0 Å². The van der Waals surface area contributed by atoms with Crippen LogP contribution in [0, 0.1) is 5.92 Å². The van der Waals surface area contributed by atoms with Gasteiger partial charge in [0.05, 0.1) is 13.2 Å². The molecule has 3 rings (SSSR count). The Morgan fingerprint density at radius 3 is 2.54 bits per heavy atom. The number of rotatable bonds is 6. The number of ketones is 1. The lowest BCUT2D eigenvalue weighted by molar-refractivity contribution is -0.126. The number of benzene rings is 2. The second kappa shape index (κ2) is 8.17. The van der Waals surface area contributed by atoms with Crippen LogP contribution >= 0.6 is 0 Å². The lowest BCUT2D eigenvalue weighted by Gasteiger charge is -2.27. The van der Waals surface area contributed by atoms with Crippen LogP contribution in [0.2, 0.25) is 0 Å². The summed E-state index contributed by atoms with van der Waals surface area (Å²) >= 11 is 0. The number of carbonyl (C=O) groups is 2. The Morgan fingerprint density at radius 2 is 1.81 bits per heavy atom. The van der Waals surface area contributed by atoms with Gasteiger partial charge in [-0.15, -0.1) is 0 Å². The normalized spacial score (nSPS) is 17.1. The van der Waals surface area contributed by atoms with Crippen LogP contribution in [-0.2, 0) is 22.4 Å². The van der Waals surface area contributed by atoms with E-state index in [9.17, 15) is 9.59 Å². The third-order valence-electron chi connectivity index (χ3n) is 5.04. The minimum atomic E-state index is -0.367. The Morgan fingerprint density at radius 1 is 1.12 bits per heavy atom. The third-order valence-corrected chi connectivity index (χ3v) is 5.04. The average Bonchev–Trinajstić information content (AvgIpc) is 2.66. The van der Waals surface area contributed by atoms with Crippen LogP contribution in [-0.4, -0.2) is 18.8 Å². The zero-order valence-electron chi connectivity index (χ0n) is 15.3. The van der Waals surface area contributed by atoms with Gasteiger partial charge in [-0.25, -0.2) is 0 Å². The number of hydrogen-bond donors (Lipinski definition) is 1. The summed E-state index contributed by atoms with van der Waals surface area (Å²) < 4.78 is 5.42. The zero-order valence-corrected chi connectivity index (χ0v) is 15.3. The Balaban J connectivity index is 1.77. The lowest BCUT2D eigenvalue weighted by Crippen LogP contribution is -2.37. The summed E-state index contributed by atoms with van der Waals surface area (Å²) in [4.78, 5) is 24.7. The third kappa shape index (κ3) is 4.13. The molecule has 1 aliphatic carbocycles. The Hall–Kier alpha value is -2.62. The number of para-hydroxylation sites is 1. The van der Waals surface area contributed by atoms with Crippen LogP contribution in [0.4, 0.5) is 0 Å². The van der Waals surface area contributed by atoms with Crippen molar-refractivity contribution in [1.29, 1.82) is 0 Å². The predicted molar refractivity (Wildman–Crippen MR) is 101 cm³/mol. The molecular weight excluding hydrogens is 326 g/mol. The standard InChI is InChI=1S/C22H25NO3/c1-15(24)13-20(19-9-5-6-10-21(19)26-2)23-22(25)18-12-11-16-7-3-4-8-17(16)14-18/h3-10,18,20H,11-14H2,1-2H3,(H,23,25). The number of fused-ring (bicyclic) bond motifs is 1. The van der Waals surface area contributed by atoms with Crippen LogP contribution in [0.3, 0.4) is 0 Å². The van der Waals surface area contributed by atoms with Gasteiger partial charge in [0.1, 0.15) is 11.5 Å². The van der Waals surface area contributed by atoms with Crippen LogP contribution in [0.1, 0.15) is 42.5 Å². The van der Waals surface area contributed by atoms with Gasteiger partial charge in [-0.2, -0.15) is 0 Å². The summed E-state index contributed by atoms with van der Waals surface area (Å²) in [5.74, 6) is 0.675. The summed E-state index contributed by atoms with van der Waals surface area (Å²) in [5.41, 5.74) is 3.43. The molecule has 0 heterocycles. The molecular formula is C22H25NO3. The van der Waals surface area contributed by atoms with E-state index in [2.05, 4.69) is 17.4 Å². The topological polar surface area (TPSA) is 55.4 Å². The molecule has 2 unspecified atom stereocenters. The Labute approximate surface area is 154 Å². The van der Waals surface area contributed by atoms with E-state index in [0.717, 1.165) is 24.8 Å². The Bertz CT molecular complexity index is 799. The molecule has 26 heavy (non-hydrogen) atoms. The number of ether oxygens (including phenoxy) is 1. The molecule has 0 bridgehead atoms. The minimum Gasteiger partial charge on any atom is -0.496 e. The molecule has 0 saturated carbocycles. The van der Waals surface area contributed by atoms with Gasteiger partial charge in [0.15, 0.2) is 0 Å². The molecule has 2 aromatic carbocycles. The summed E-state index contributed by atoms with van der Waals surface area (Å²) in [6.07, 6.45) is 2.76. The van der Waals surface area contributed by atoms with E-state index in [1.54, 1.807) is 14.0 Å². The maximum atomic E-state index is 12.9. The number of Topliss-reactive ketones (excluding diaryl/α,β-unsaturated/α-hetero) is 1. The minimum absolute atomic E-state index is 0.0108. The number of hydrogen-bond acceptors (Lipinski definition) is 3. The number of aryl methyl sites for hydroxylation is 1. The van der Waals surface area contributed by atoms with E-state index in [1.807, 2.05) is 36.4 Å². The molecule has 1 aliphatic rings. The van der Waals surface area contributed by atoms with Crippen molar-refractivity contribution < 1.29 is 14.3 Å². The van der Waals surface area contributed by atoms with E-state index in [4.69, 9.17) is 4.74 Å². The monoisotopic (exact) mass is 351 g/mol. The van der Waals surface area contributed by atoms with Gasteiger partial charge in [-0.3, -0.25) is 9.59 Å². The first-order valence-corrected chi connectivity index (χ1v) is 9.08. The molecule has 4 nitrogen and oxygen atoms in total. The van der Waals surface area contributed by atoms with Crippen LogP contribution in [0.25, 0.3) is 0 Å². The SMILES string of the molecule is COc1ccccc1C(CC(C)=O)NC(=O)C1CCc2ccccc2C1. The van der Waals surface area contributed by atoms with E-state index < -0.39 is 0 Å². The predicted octanol–water partition coefficient (Wildman–Crippen LogP) is 3.64. The van der Waals surface area contributed by atoms with Gasteiger partial charge in [0, 0.05) is 17.9 Å². The zero-order chi connectivity index (χ0) is 18.5. The summed E-state index contributed by atoms with van der Waals surface area (Å²) in [6.45, 7) is 1.55. The van der Waals surface area contributed by atoms with E-state index in [-0.39, 0.29) is 30.1 Å². The molecule has 0 spiro atoms. The van der Waals surface area contributed by atoms with Crippen molar-refractivity contribution in [2.45, 2.75) is 38.6 Å². The smallest absolute Gasteiger partial charge is 0.223 e. The number of amides is 1. The molecule has 4 heteroatoms. The number of nitrogens with one attached hydrogen (secondary N) is 1. The van der Waals surface area contributed by atoms with Crippen LogP contribution in [0.15, 0.2) is 48.5 Å². The Kier molecular flexibility index (Phi) is 5.71. The van der Waals surface area contributed by atoms with Crippen molar-refractivity contribution in [2.75, 3.05) is 7.11 Å². The lowest BCUT2D eigenvalue weighted by atomic mass is 9.83. The van der Waals surface area contributed by atoms with Gasteiger partial charge in [-0.1, -0.05) is 42.5 Å². The molecule has 0 saturated heterocycles. The molecule has 0 radical (unpaired) electrons. The summed E-state index contributed by atoms with van der Waals surface area (Å²) in [6, 6.07) is 15.5. The van der Waals surface area contributed by atoms with Gasteiger partial charge in [0.2, 0.25) is 5.91 Å². The van der Waals surface area contributed by atoms with E-state index in [1.165, 1.54) is 11.1 Å². The van der Waals surface area contributed by atoms with Gasteiger partial charge >= 0.3 is 0 Å². The molecule has 0 aliphatic heterocycles. The molecule has 1 amide bonds. The molecule has 1 N–H and O–H groups in total. The van der Waals surface area contributed by atoms with Gasteiger partial charge < -0.3 is 10.1 Å².